The third-order valence-electron chi connectivity index (χ3n) is 4.39. The molecule has 1 fully saturated rings. The van der Waals surface area contributed by atoms with E-state index in [-0.39, 0.29) is 17.4 Å². The SMILES string of the molecule is Cc1cnn(C[C@@H]2CN(Cc3cc(=O)n(C)c(=O)n3C)CCO2)c1. The molecule has 0 bridgehead atoms. The van der Waals surface area contributed by atoms with E-state index in [0.717, 1.165) is 28.9 Å². The van der Waals surface area contributed by atoms with Crippen LogP contribution < -0.4 is 11.2 Å². The molecule has 2 aromatic rings. The number of rotatable bonds is 4. The molecule has 130 valence electrons. The van der Waals surface area contributed by atoms with Crippen molar-refractivity contribution in [3.63, 3.8) is 0 Å². The first-order valence-electron chi connectivity index (χ1n) is 8.03. The lowest BCUT2D eigenvalue weighted by molar-refractivity contribution is -0.0408. The minimum Gasteiger partial charge on any atom is -0.374 e. The summed E-state index contributed by atoms with van der Waals surface area (Å²) in [5, 5.41) is 4.29. The summed E-state index contributed by atoms with van der Waals surface area (Å²) in [6.07, 6.45) is 3.87. The first-order valence-corrected chi connectivity index (χ1v) is 8.03. The zero-order chi connectivity index (χ0) is 17.3. The molecule has 0 spiro atoms. The van der Waals surface area contributed by atoms with Gasteiger partial charge in [-0.05, 0) is 12.5 Å². The van der Waals surface area contributed by atoms with Crippen molar-refractivity contribution < 1.29 is 4.74 Å². The van der Waals surface area contributed by atoms with Crippen LogP contribution in [-0.4, -0.2) is 49.6 Å². The molecule has 1 atom stereocenters. The van der Waals surface area contributed by atoms with Crippen LogP contribution in [0.25, 0.3) is 0 Å². The van der Waals surface area contributed by atoms with Crippen molar-refractivity contribution in [2.24, 2.45) is 14.1 Å². The zero-order valence-electron chi connectivity index (χ0n) is 14.3. The predicted octanol–water partition coefficient (Wildman–Crippen LogP) is -0.510. The van der Waals surface area contributed by atoms with Crippen molar-refractivity contribution in [3.05, 3.63) is 50.6 Å². The molecule has 0 unspecified atom stereocenters. The Morgan fingerprint density at radius 1 is 1.29 bits per heavy atom. The van der Waals surface area contributed by atoms with Gasteiger partial charge in [-0.3, -0.25) is 23.5 Å². The lowest BCUT2D eigenvalue weighted by Crippen LogP contribution is -2.45. The maximum Gasteiger partial charge on any atom is 0.330 e. The number of hydrogen-bond acceptors (Lipinski definition) is 5. The van der Waals surface area contributed by atoms with E-state index in [1.165, 1.54) is 17.7 Å². The lowest BCUT2D eigenvalue weighted by Gasteiger charge is -2.33. The fourth-order valence-corrected chi connectivity index (χ4v) is 2.97. The van der Waals surface area contributed by atoms with E-state index in [9.17, 15) is 9.59 Å². The van der Waals surface area contributed by atoms with E-state index in [4.69, 9.17) is 4.74 Å². The summed E-state index contributed by atoms with van der Waals surface area (Å²) in [5.74, 6) is 0. The van der Waals surface area contributed by atoms with Crippen molar-refractivity contribution in [1.82, 2.24) is 23.8 Å². The zero-order valence-corrected chi connectivity index (χ0v) is 14.3. The lowest BCUT2D eigenvalue weighted by atomic mass is 10.2. The molecule has 0 amide bonds. The van der Waals surface area contributed by atoms with Gasteiger partial charge in [0.25, 0.3) is 5.56 Å². The summed E-state index contributed by atoms with van der Waals surface area (Å²) in [6.45, 7) is 5.40. The van der Waals surface area contributed by atoms with Gasteiger partial charge in [0.05, 0.1) is 25.5 Å². The molecule has 0 saturated carbocycles. The second kappa shape index (κ2) is 6.74. The van der Waals surface area contributed by atoms with Crippen LogP contribution >= 0.6 is 0 Å². The molecule has 1 aliphatic rings. The first-order chi connectivity index (χ1) is 11.4. The number of aromatic nitrogens is 4. The molecule has 0 N–H and O–H groups in total. The average Bonchev–Trinajstić information content (AvgIpc) is 2.96. The summed E-state index contributed by atoms with van der Waals surface area (Å²) in [7, 11) is 3.19. The maximum absolute atomic E-state index is 12.0. The highest BCUT2D eigenvalue weighted by atomic mass is 16.5. The highest BCUT2D eigenvalue weighted by Crippen LogP contribution is 2.11. The predicted molar refractivity (Wildman–Crippen MR) is 88.9 cm³/mol. The summed E-state index contributed by atoms with van der Waals surface area (Å²) in [4.78, 5) is 26.1. The highest BCUT2D eigenvalue weighted by Gasteiger charge is 2.22. The average molecular weight is 333 g/mol. The van der Waals surface area contributed by atoms with Gasteiger partial charge in [0, 0.05) is 51.7 Å². The molecule has 0 radical (unpaired) electrons. The van der Waals surface area contributed by atoms with Crippen LogP contribution in [0.1, 0.15) is 11.3 Å². The van der Waals surface area contributed by atoms with Gasteiger partial charge in [0.15, 0.2) is 0 Å². The van der Waals surface area contributed by atoms with Crippen molar-refractivity contribution in [2.45, 2.75) is 26.1 Å². The van der Waals surface area contributed by atoms with Gasteiger partial charge in [0.1, 0.15) is 0 Å². The van der Waals surface area contributed by atoms with Crippen molar-refractivity contribution >= 4 is 0 Å². The second-order valence-corrected chi connectivity index (χ2v) is 6.34. The Kier molecular flexibility index (Phi) is 4.68. The molecule has 3 heterocycles. The number of morpholine rings is 1. The van der Waals surface area contributed by atoms with Crippen LogP contribution in [0.3, 0.4) is 0 Å². The smallest absolute Gasteiger partial charge is 0.330 e. The fourth-order valence-electron chi connectivity index (χ4n) is 2.97. The molecule has 24 heavy (non-hydrogen) atoms. The monoisotopic (exact) mass is 333 g/mol. The topological polar surface area (TPSA) is 74.3 Å². The van der Waals surface area contributed by atoms with E-state index >= 15 is 0 Å². The van der Waals surface area contributed by atoms with Crippen LogP contribution in [0.2, 0.25) is 0 Å². The van der Waals surface area contributed by atoms with E-state index in [1.54, 1.807) is 7.05 Å². The number of nitrogens with zero attached hydrogens (tertiary/aromatic N) is 5. The Bertz CT molecular complexity index is 835. The molecule has 1 saturated heterocycles. The molecular weight excluding hydrogens is 310 g/mol. The van der Waals surface area contributed by atoms with Gasteiger partial charge in [-0.25, -0.2) is 4.79 Å². The first kappa shape index (κ1) is 16.7. The molecule has 3 rings (SSSR count). The van der Waals surface area contributed by atoms with Crippen LogP contribution in [0.4, 0.5) is 0 Å². The number of aryl methyl sites for hydroxylation is 1. The van der Waals surface area contributed by atoms with Gasteiger partial charge in [0.2, 0.25) is 0 Å². The molecule has 2 aromatic heterocycles. The number of ether oxygens (including phenoxy) is 1. The Morgan fingerprint density at radius 2 is 2.08 bits per heavy atom. The number of hydrogen-bond donors (Lipinski definition) is 0. The van der Waals surface area contributed by atoms with E-state index in [1.807, 2.05) is 24.0 Å². The Morgan fingerprint density at radius 3 is 2.79 bits per heavy atom. The van der Waals surface area contributed by atoms with Crippen LogP contribution in [0, 0.1) is 6.92 Å². The van der Waals surface area contributed by atoms with Gasteiger partial charge < -0.3 is 4.74 Å². The third-order valence-corrected chi connectivity index (χ3v) is 4.39. The van der Waals surface area contributed by atoms with Gasteiger partial charge in [-0.2, -0.15) is 5.10 Å². The molecule has 0 aromatic carbocycles. The molecule has 1 aliphatic heterocycles. The fraction of sp³-hybridized carbons (Fsp3) is 0.562. The molecule has 8 nitrogen and oxygen atoms in total. The third kappa shape index (κ3) is 3.49. The Balaban J connectivity index is 1.70. The van der Waals surface area contributed by atoms with Crippen molar-refractivity contribution in [2.75, 3.05) is 19.7 Å². The largest absolute Gasteiger partial charge is 0.374 e. The highest BCUT2D eigenvalue weighted by molar-refractivity contribution is 5.03. The minimum absolute atomic E-state index is 0.0432. The van der Waals surface area contributed by atoms with Crippen LogP contribution in [0.5, 0.6) is 0 Å². The van der Waals surface area contributed by atoms with Gasteiger partial charge in [-0.15, -0.1) is 0 Å². The standard InChI is InChI=1S/C16H23N5O3/c1-12-7-17-21(8-12)11-14-10-20(4-5-24-14)9-13-6-15(22)19(3)16(23)18(13)2/h6-8,14H,4-5,9-11H2,1-3H3/t14-/m0/s1. The quantitative estimate of drug-likeness (QED) is 0.753. The Hall–Kier alpha value is -2.19. The summed E-state index contributed by atoms with van der Waals surface area (Å²) >= 11 is 0. The summed E-state index contributed by atoms with van der Waals surface area (Å²) in [6, 6.07) is 1.53. The van der Waals surface area contributed by atoms with Crippen molar-refractivity contribution in [3.8, 4) is 0 Å². The minimum atomic E-state index is -0.297. The summed E-state index contributed by atoms with van der Waals surface area (Å²) in [5.41, 5.74) is 1.27. The Labute approximate surface area is 139 Å². The van der Waals surface area contributed by atoms with Crippen molar-refractivity contribution in [1.29, 1.82) is 0 Å². The summed E-state index contributed by atoms with van der Waals surface area (Å²) < 4.78 is 10.4. The molecule has 0 aliphatic carbocycles. The van der Waals surface area contributed by atoms with Gasteiger partial charge >= 0.3 is 5.69 Å². The van der Waals surface area contributed by atoms with E-state index in [2.05, 4.69) is 10.00 Å². The maximum atomic E-state index is 12.0. The normalized spacial score (nSPS) is 18.9. The van der Waals surface area contributed by atoms with Crippen LogP contribution in [0.15, 0.2) is 28.0 Å². The van der Waals surface area contributed by atoms with Gasteiger partial charge in [-0.1, -0.05) is 0 Å². The van der Waals surface area contributed by atoms with E-state index in [0.29, 0.717) is 19.7 Å². The molecule has 8 heteroatoms. The van der Waals surface area contributed by atoms with E-state index < -0.39 is 0 Å². The second-order valence-electron chi connectivity index (χ2n) is 6.34. The van der Waals surface area contributed by atoms with Crippen LogP contribution in [-0.2, 0) is 31.9 Å². The molecular formula is C16H23N5O3.